The predicted octanol–water partition coefficient (Wildman–Crippen LogP) is 3.90. The molecule has 0 aliphatic heterocycles. The lowest BCUT2D eigenvalue weighted by atomic mass is 10.1. The zero-order valence-electron chi connectivity index (χ0n) is 14.7. The van der Waals surface area contributed by atoms with Crippen molar-refractivity contribution in [2.24, 2.45) is 0 Å². The molecule has 0 radical (unpaired) electrons. The summed E-state index contributed by atoms with van der Waals surface area (Å²) in [7, 11) is 0. The monoisotopic (exact) mass is 352 g/mol. The molecule has 0 unspecified atom stereocenters. The van der Waals surface area contributed by atoms with Crippen molar-refractivity contribution in [1.82, 2.24) is 24.3 Å². The molecule has 5 rings (SSSR count). The molecule has 4 heterocycles. The Labute approximate surface area is 155 Å². The lowest BCUT2D eigenvalue weighted by molar-refractivity contribution is 1.12. The van der Waals surface area contributed by atoms with Crippen LogP contribution in [0, 0.1) is 6.92 Å². The van der Waals surface area contributed by atoms with Crippen molar-refractivity contribution in [3.05, 3.63) is 72.7 Å². The van der Waals surface area contributed by atoms with Crippen LogP contribution in [-0.4, -0.2) is 24.3 Å². The minimum atomic E-state index is 0.436. The molecule has 0 saturated heterocycles. The smallest absolute Gasteiger partial charge is 0.236 e. The summed E-state index contributed by atoms with van der Waals surface area (Å²) in [4.78, 5) is 18.2. The Morgan fingerprint density at radius 3 is 2.74 bits per heavy atom. The topological polar surface area (TPSA) is 82.0 Å². The summed E-state index contributed by atoms with van der Waals surface area (Å²) >= 11 is 0. The van der Waals surface area contributed by atoms with Gasteiger partial charge in [0.25, 0.3) is 0 Å². The molecule has 0 atom stereocenters. The summed E-state index contributed by atoms with van der Waals surface area (Å²) in [5, 5.41) is 1.07. The lowest BCUT2D eigenvalue weighted by Crippen LogP contribution is -1.96. The Morgan fingerprint density at radius 2 is 1.85 bits per heavy atom. The van der Waals surface area contributed by atoms with Gasteiger partial charge in [0.1, 0.15) is 11.5 Å². The molecule has 0 spiro atoms. The minimum Gasteiger partial charge on any atom is -0.384 e. The molecular formula is C21H16N6. The molecule has 2 N–H and O–H groups in total. The molecule has 1 aromatic carbocycles. The van der Waals surface area contributed by atoms with Crippen LogP contribution in [0.3, 0.4) is 0 Å². The predicted molar refractivity (Wildman–Crippen MR) is 106 cm³/mol. The molecule has 0 aliphatic rings. The van der Waals surface area contributed by atoms with Gasteiger partial charge in [0.15, 0.2) is 0 Å². The summed E-state index contributed by atoms with van der Waals surface area (Å²) in [5.41, 5.74) is 11.3. The van der Waals surface area contributed by atoms with Crippen LogP contribution in [0.25, 0.3) is 39.3 Å². The summed E-state index contributed by atoms with van der Waals surface area (Å²) in [6.45, 7) is 1.97. The third-order valence-electron chi connectivity index (χ3n) is 4.52. The number of nitrogens with two attached hydrogens (primary N) is 1. The Bertz CT molecular complexity index is 1300. The molecule has 5 aromatic rings. The van der Waals surface area contributed by atoms with Crippen LogP contribution in [0.15, 0.2) is 67.0 Å². The van der Waals surface area contributed by atoms with E-state index < -0.39 is 0 Å². The van der Waals surface area contributed by atoms with E-state index in [2.05, 4.69) is 33.2 Å². The molecule has 6 heteroatoms. The molecule has 0 bridgehead atoms. The van der Waals surface area contributed by atoms with E-state index in [9.17, 15) is 0 Å². The summed E-state index contributed by atoms with van der Waals surface area (Å²) in [5.74, 6) is 0.986. The van der Waals surface area contributed by atoms with E-state index in [1.807, 2.05) is 47.9 Å². The highest BCUT2D eigenvalue weighted by Gasteiger charge is 2.18. The summed E-state index contributed by atoms with van der Waals surface area (Å²) in [6.07, 6.45) is 3.69. The summed E-state index contributed by atoms with van der Waals surface area (Å²) in [6, 6.07) is 17.9. The number of anilines is 1. The van der Waals surface area contributed by atoms with Gasteiger partial charge in [0.05, 0.1) is 16.9 Å². The Kier molecular flexibility index (Phi) is 3.36. The maximum Gasteiger partial charge on any atom is 0.236 e. The number of fused-ring (bicyclic) bond motifs is 2. The highest BCUT2D eigenvalue weighted by atomic mass is 15.1. The first-order chi connectivity index (χ1) is 13.2. The van der Waals surface area contributed by atoms with Crippen molar-refractivity contribution in [3.8, 4) is 22.6 Å². The maximum atomic E-state index is 5.87. The quantitative estimate of drug-likeness (QED) is 0.521. The van der Waals surface area contributed by atoms with E-state index >= 15 is 0 Å². The van der Waals surface area contributed by atoms with Crippen molar-refractivity contribution in [3.63, 3.8) is 0 Å². The van der Waals surface area contributed by atoms with Crippen molar-refractivity contribution >= 4 is 22.5 Å². The van der Waals surface area contributed by atoms with Crippen LogP contribution in [-0.2, 0) is 0 Å². The molecule has 130 valence electrons. The van der Waals surface area contributed by atoms with Crippen molar-refractivity contribution in [2.75, 3.05) is 5.73 Å². The van der Waals surface area contributed by atoms with Crippen LogP contribution in [0.5, 0.6) is 0 Å². The molecule has 0 amide bonds. The molecule has 0 fully saturated rings. The van der Waals surface area contributed by atoms with Gasteiger partial charge in [-0.2, -0.15) is 4.98 Å². The fraction of sp³-hybridized carbons (Fsp3) is 0.0476. The maximum absolute atomic E-state index is 5.87. The second kappa shape index (κ2) is 5.88. The van der Waals surface area contributed by atoms with Gasteiger partial charge in [0.2, 0.25) is 5.78 Å². The molecular weight excluding hydrogens is 336 g/mol. The van der Waals surface area contributed by atoms with E-state index in [1.165, 1.54) is 0 Å². The third kappa shape index (κ3) is 2.58. The number of aryl methyl sites for hydroxylation is 1. The van der Waals surface area contributed by atoms with Gasteiger partial charge < -0.3 is 5.73 Å². The first kappa shape index (κ1) is 15.5. The molecule has 27 heavy (non-hydrogen) atoms. The fourth-order valence-corrected chi connectivity index (χ4v) is 3.30. The molecule has 6 nitrogen and oxygen atoms in total. The number of nitrogen functional groups attached to an aromatic ring is 1. The van der Waals surface area contributed by atoms with E-state index in [0.29, 0.717) is 11.6 Å². The normalized spacial score (nSPS) is 11.3. The number of aromatic nitrogens is 5. The Morgan fingerprint density at radius 1 is 0.926 bits per heavy atom. The van der Waals surface area contributed by atoms with Crippen LogP contribution in [0.4, 0.5) is 5.82 Å². The number of nitrogens with zero attached hydrogens (tertiary/aromatic N) is 5. The first-order valence-electron chi connectivity index (χ1n) is 8.63. The van der Waals surface area contributed by atoms with Gasteiger partial charge in [0, 0.05) is 29.0 Å². The second-order valence-electron chi connectivity index (χ2n) is 6.41. The number of hydrogen-bond acceptors (Lipinski definition) is 5. The molecule has 0 aliphatic carbocycles. The number of hydrogen-bond donors (Lipinski definition) is 1. The van der Waals surface area contributed by atoms with Crippen molar-refractivity contribution in [1.29, 1.82) is 0 Å². The van der Waals surface area contributed by atoms with E-state index in [1.54, 1.807) is 12.3 Å². The number of imidazole rings is 1. The van der Waals surface area contributed by atoms with Gasteiger partial charge in [-0.1, -0.05) is 18.2 Å². The van der Waals surface area contributed by atoms with E-state index in [-0.39, 0.29) is 0 Å². The highest BCUT2D eigenvalue weighted by Crippen LogP contribution is 2.33. The van der Waals surface area contributed by atoms with Crippen LogP contribution < -0.4 is 5.73 Å². The first-order valence-corrected chi connectivity index (χ1v) is 8.63. The van der Waals surface area contributed by atoms with Gasteiger partial charge in [-0.25, -0.2) is 4.98 Å². The zero-order valence-corrected chi connectivity index (χ0v) is 14.7. The lowest BCUT2D eigenvalue weighted by Gasteiger charge is -2.07. The van der Waals surface area contributed by atoms with Crippen molar-refractivity contribution in [2.45, 2.75) is 6.92 Å². The standard InChI is InChI=1S/C21H16N6/c1-13-4-2-6-17(24-13)19-20(27-11-9-18(22)25-21(27)26-19)15-7-8-16-14(12-15)5-3-10-23-16/h2-12H,1H3,(H2,22,25,26). The number of benzene rings is 1. The SMILES string of the molecule is Cc1cccc(-c2nc3nc(N)ccn3c2-c2ccc3ncccc3c2)n1. The second-order valence-corrected chi connectivity index (χ2v) is 6.41. The van der Waals surface area contributed by atoms with Crippen LogP contribution in [0.1, 0.15) is 5.69 Å². The third-order valence-corrected chi connectivity index (χ3v) is 4.52. The number of rotatable bonds is 2. The van der Waals surface area contributed by atoms with Gasteiger partial charge in [-0.15, -0.1) is 0 Å². The Balaban J connectivity index is 1.84. The van der Waals surface area contributed by atoms with Gasteiger partial charge in [-0.05, 0) is 43.3 Å². The van der Waals surface area contributed by atoms with E-state index in [4.69, 9.17) is 10.7 Å². The zero-order chi connectivity index (χ0) is 18.4. The van der Waals surface area contributed by atoms with Gasteiger partial charge >= 0.3 is 0 Å². The minimum absolute atomic E-state index is 0.436. The number of pyridine rings is 2. The largest absolute Gasteiger partial charge is 0.384 e. The molecule has 0 saturated carbocycles. The van der Waals surface area contributed by atoms with E-state index in [0.717, 1.165) is 39.2 Å². The average Bonchev–Trinajstić information content (AvgIpc) is 3.06. The van der Waals surface area contributed by atoms with Crippen molar-refractivity contribution < 1.29 is 0 Å². The van der Waals surface area contributed by atoms with Crippen LogP contribution >= 0.6 is 0 Å². The molecule has 4 aromatic heterocycles. The fourth-order valence-electron chi connectivity index (χ4n) is 3.30. The average molecular weight is 352 g/mol. The van der Waals surface area contributed by atoms with Crippen LogP contribution in [0.2, 0.25) is 0 Å². The Hall–Kier alpha value is -3.80. The van der Waals surface area contributed by atoms with Gasteiger partial charge in [-0.3, -0.25) is 14.4 Å². The summed E-state index contributed by atoms with van der Waals surface area (Å²) < 4.78 is 1.95. The highest BCUT2D eigenvalue weighted by molar-refractivity contribution is 5.88.